The normalized spacial score (nSPS) is 21.5. The summed E-state index contributed by atoms with van der Waals surface area (Å²) in [5.74, 6) is -0.957. The number of nitrogens with one attached hydrogen (secondary N) is 1. The largest absolute Gasteiger partial charge is 0.365 e. The van der Waals surface area contributed by atoms with Crippen molar-refractivity contribution >= 4 is 45.8 Å². The van der Waals surface area contributed by atoms with Crippen molar-refractivity contribution in [2.45, 2.75) is 36.2 Å². The molecule has 5 rings (SSSR count). The fourth-order valence-corrected chi connectivity index (χ4v) is 6.83. The Hall–Kier alpha value is -2.98. The maximum Gasteiger partial charge on any atom is 0.254 e. The van der Waals surface area contributed by atoms with Gasteiger partial charge in [0.25, 0.3) is 5.91 Å². The number of hydrogen-bond acceptors (Lipinski definition) is 5. The molecule has 3 aliphatic rings. The van der Waals surface area contributed by atoms with Gasteiger partial charge in [-0.15, -0.1) is 0 Å². The van der Waals surface area contributed by atoms with Crippen LogP contribution in [0.15, 0.2) is 47.4 Å². The van der Waals surface area contributed by atoms with Crippen molar-refractivity contribution in [3.63, 3.8) is 0 Å². The minimum atomic E-state index is -1.67. The molecule has 1 N–H and O–H groups in total. The van der Waals surface area contributed by atoms with E-state index in [1.54, 1.807) is 28.0 Å². The monoisotopic (exact) mass is 546 g/mol. The highest BCUT2D eigenvalue weighted by atomic mass is 35.5. The molecule has 2 aromatic rings. The molecule has 196 valence electrons. The standard InChI is InChI=1S/C26H28ClFN4O4S/c1-17-13-30(9-10-32(17)20-4-2-3-19(28)12-20)25(35)18-5-6-22(21(27)11-18)37(36)14-24(34)31-15-26(16-31)8-7-23(33)29-26/h2-6,11-12,17H,7-10,13-16H2,1H3,(H,29,33). The van der Waals surface area contributed by atoms with Crippen LogP contribution in [0.4, 0.5) is 10.1 Å². The van der Waals surface area contributed by atoms with Crippen molar-refractivity contribution in [1.29, 1.82) is 0 Å². The second-order valence-corrected chi connectivity index (χ2v) is 11.8. The summed E-state index contributed by atoms with van der Waals surface area (Å²) in [5, 5.41) is 3.09. The van der Waals surface area contributed by atoms with E-state index in [2.05, 4.69) is 10.2 Å². The van der Waals surface area contributed by atoms with Crippen molar-refractivity contribution in [2.75, 3.05) is 43.4 Å². The minimum Gasteiger partial charge on any atom is -0.365 e. The lowest BCUT2D eigenvalue weighted by Crippen LogP contribution is -2.68. The van der Waals surface area contributed by atoms with Gasteiger partial charge in [-0.1, -0.05) is 17.7 Å². The summed E-state index contributed by atoms with van der Waals surface area (Å²) in [6.07, 6.45) is 1.18. The quantitative estimate of drug-likeness (QED) is 0.622. The van der Waals surface area contributed by atoms with Gasteiger partial charge < -0.3 is 20.0 Å². The Kier molecular flexibility index (Phi) is 6.97. The lowest BCUT2D eigenvalue weighted by molar-refractivity contribution is -0.137. The van der Waals surface area contributed by atoms with E-state index in [4.69, 9.17) is 11.6 Å². The van der Waals surface area contributed by atoms with E-state index in [9.17, 15) is 23.0 Å². The van der Waals surface area contributed by atoms with Crippen molar-refractivity contribution in [1.82, 2.24) is 15.1 Å². The van der Waals surface area contributed by atoms with Gasteiger partial charge in [-0.25, -0.2) is 4.39 Å². The zero-order valence-electron chi connectivity index (χ0n) is 20.4. The average Bonchev–Trinajstić information content (AvgIpc) is 3.24. The van der Waals surface area contributed by atoms with Crippen LogP contribution in [0.5, 0.6) is 0 Å². The van der Waals surface area contributed by atoms with Gasteiger partial charge in [0.05, 0.1) is 26.3 Å². The number of rotatable bonds is 5. The summed E-state index contributed by atoms with van der Waals surface area (Å²) in [6, 6.07) is 11.0. The van der Waals surface area contributed by atoms with Gasteiger partial charge in [-0.3, -0.25) is 18.6 Å². The molecule has 1 spiro atoms. The highest BCUT2D eigenvalue weighted by Crippen LogP contribution is 2.31. The van der Waals surface area contributed by atoms with Crippen LogP contribution in [-0.2, 0) is 20.4 Å². The zero-order valence-corrected chi connectivity index (χ0v) is 22.0. The maximum atomic E-state index is 13.6. The Morgan fingerprint density at radius 2 is 1.95 bits per heavy atom. The maximum absolute atomic E-state index is 13.6. The molecule has 2 atom stereocenters. The molecule has 37 heavy (non-hydrogen) atoms. The van der Waals surface area contributed by atoms with Gasteiger partial charge in [0.2, 0.25) is 11.8 Å². The molecule has 0 bridgehead atoms. The van der Waals surface area contributed by atoms with Crippen LogP contribution < -0.4 is 10.2 Å². The molecule has 0 radical (unpaired) electrons. The molecule has 3 heterocycles. The van der Waals surface area contributed by atoms with E-state index in [1.807, 2.05) is 13.0 Å². The lowest BCUT2D eigenvalue weighted by Gasteiger charge is -2.47. The van der Waals surface area contributed by atoms with Crippen molar-refractivity contribution < 1.29 is 23.0 Å². The molecule has 8 nitrogen and oxygen atoms in total. The number of nitrogens with zero attached hydrogens (tertiary/aromatic N) is 3. The van der Waals surface area contributed by atoms with Gasteiger partial charge >= 0.3 is 0 Å². The molecule has 3 fully saturated rings. The third kappa shape index (κ3) is 5.22. The zero-order chi connectivity index (χ0) is 26.3. The molecule has 2 unspecified atom stereocenters. The summed E-state index contributed by atoms with van der Waals surface area (Å²) >= 11 is 6.40. The molecule has 11 heteroatoms. The number of halogens is 2. The molecule has 3 amide bonds. The average molecular weight is 547 g/mol. The predicted octanol–water partition coefficient (Wildman–Crippen LogP) is 2.43. The van der Waals surface area contributed by atoms with E-state index in [-0.39, 0.29) is 45.9 Å². The molecular formula is C26H28ClFN4O4S. The van der Waals surface area contributed by atoms with Crippen LogP contribution >= 0.6 is 11.6 Å². The van der Waals surface area contributed by atoms with Crippen LogP contribution in [0.2, 0.25) is 5.02 Å². The molecule has 2 aromatic carbocycles. The van der Waals surface area contributed by atoms with Crippen molar-refractivity contribution in [2.24, 2.45) is 0 Å². The second-order valence-electron chi connectivity index (χ2n) is 9.99. The van der Waals surface area contributed by atoms with Crippen LogP contribution in [-0.4, -0.2) is 81.8 Å². The molecule has 0 saturated carbocycles. The third-order valence-corrected chi connectivity index (χ3v) is 9.09. The summed E-state index contributed by atoms with van der Waals surface area (Å²) in [6.45, 7) is 4.35. The first-order valence-electron chi connectivity index (χ1n) is 12.2. The van der Waals surface area contributed by atoms with E-state index in [0.717, 1.165) is 5.69 Å². The second kappa shape index (κ2) is 10.1. The van der Waals surface area contributed by atoms with Crippen molar-refractivity contribution in [3.8, 4) is 0 Å². The Bertz CT molecular complexity index is 1280. The summed E-state index contributed by atoms with van der Waals surface area (Å²) in [5.41, 5.74) is 0.837. The van der Waals surface area contributed by atoms with Gasteiger partial charge in [-0.05, 0) is 49.7 Å². The Morgan fingerprint density at radius 3 is 2.59 bits per heavy atom. The minimum absolute atomic E-state index is 0.0000142. The number of anilines is 1. The molecule has 0 aromatic heterocycles. The summed E-state index contributed by atoms with van der Waals surface area (Å²) in [7, 11) is -1.67. The van der Waals surface area contributed by atoms with E-state index in [0.29, 0.717) is 56.0 Å². The fraction of sp³-hybridized carbons (Fsp3) is 0.423. The van der Waals surface area contributed by atoms with E-state index in [1.165, 1.54) is 18.2 Å². The number of hydrogen-bond donors (Lipinski definition) is 1. The highest BCUT2D eigenvalue weighted by Gasteiger charge is 2.49. The van der Waals surface area contributed by atoms with Gasteiger partial charge in [-0.2, -0.15) is 0 Å². The highest BCUT2D eigenvalue weighted by molar-refractivity contribution is 7.85. The molecule has 0 aliphatic carbocycles. The Morgan fingerprint density at radius 1 is 1.16 bits per heavy atom. The van der Waals surface area contributed by atoms with Gasteiger partial charge in [0, 0.05) is 56.4 Å². The van der Waals surface area contributed by atoms with Gasteiger partial charge in [0.1, 0.15) is 11.6 Å². The summed E-state index contributed by atoms with van der Waals surface area (Å²) < 4.78 is 26.5. The van der Waals surface area contributed by atoms with E-state index >= 15 is 0 Å². The number of carbonyl (C=O) groups is 3. The number of carbonyl (C=O) groups excluding carboxylic acids is 3. The number of benzene rings is 2. The van der Waals surface area contributed by atoms with Crippen molar-refractivity contribution in [3.05, 3.63) is 58.9 Å². The number of amides is 3. The van der Waals surface area contributed by atoms with Gasteiger partial charge in [0.15, 0.2) is 0 Å². The predicted molar refractivity (Wildman–Crippen MR) is 139 cm³/mol. The first kappa shape index (κ1) is 25.7. The Labute approximate surface area is 222 Å². The molecular weight excluding hydrogens is 519 g/mol. The first-order chi connectivity index (χ1) is 17.6. The SMILES string of the molecule is CC1CN(C(=O)c2ccc(S(=O)CC(=O)N3CC4(CCC(=O)N4)C3)c(Cl)c2)CCN1c1cccc(F)c1. The molecule has 3 aliphatic heterocycles. The summed E-state index contributed by atoms with van der Waals surface area (Å²) in [4.78, 5) is 42.9. The topological polar surface area (TPSA) is 90.0 Å². The van der Waals surface area contributed by atoms with Crippen LogP contribution in [0.3, 0.4) is 0 Å². The third-order valence-electron chi connectivity index (χ3n) is 7.31. The van der Waals surface area contributed by atoms with Crippen LogP contribution in [0, 0.1) is 5.82 Å². The Balaban J connectivity index is 1.18. The van der Waals surface area contributed by atoms with E-state index < -0.39 is 10.8 Å². The first-order valence-corrected chi connectivity index (χ1v) is 13.9. The smallest absolute Gasteiger partial charge is 0.254 e. The fourth-order valence-electron chi connectivity index (χ4n) is 5.33. The van der Waals surface area contributed by atoms with Crippen LogP contribution in [0.25, 0.3) is 0 Å². The molecule has 3 saturated heterocycles. The number of likely N-dealkylation sites (tertiary alicyclic amines) is 1. The number of piperazine rings is 1. The van der Waals surface area contributed by atoms with Crippen LogP contribution in [0.1, 0.15) is 30.1 Å². The lowest BCUT2D eigenvalue weighted by atomic mass is 9.88.